The second-order valence-electron chi connectivity index (χ2n) is 11.2. The molecule has 1 saturated heterocycles. The Hall–Kier alpha value is -2.04. The Labute approximate surface area is 205 Å². The standard InChI is InChI=1S/C29H42N2O3/c32-29(31-17-5-2-6-18-31)21-33-26-15-13-24(14-16-26)27(19-22-7-3-1-4-8-22)30-34-28-20-23-9-11-25(28)12-10-23/h13-16,22-23,25,28H,1-12,17-21H2/b30-27-. The molecule has 1 aromatic rings. The Bertz CT molecular complexity index is 816. The summed E-state index contributed by atoms with van der Waals surface area (Å²) in [5.74, 6) is 3.08. The van der Waals surface area contributed by atoms with E-state index in [1.54, 1.807) is 0 Å². The maximum absolute atomic E-state index is 12.4. The van der Waals surface area contributed by atoms with Crippen LogP contribution in [-0.4, -0.2) is 42.3 Å². The molecule has 1 amide bonds. The first-order valence-electron chi connectivity index (χ1n) is 14.0. The van der Waals surface area contributed by atoms with Crippen molar-refractivity contribution >= 4 is 11.6 Å². The number of oxime groups is 1. The van der Waals surface area contributed by atoms with Gasteiger partial charge in [-0.2, -0.15) is 0 Å². The number of nitrogens with zero attached hydrogens (tertiary/aromatic N) is 2. The number of benzene rings is 1. The van der Waals surface area contributed by atoms with Crippen molar-refractivity contribution in [1.82, 2.24) is 4.90 Å². The molecular formula is C29H42N2O3. The summed E-state index contributed by atoms with van der Waals surface area (Å²) in [7, 11) is 0. The highest BCUT2D eigenvalue weighted by atomic mass is 16.6. The van der Waals surface area contributed by atoms with E-state index in [-0.39, 0.29) is 12.5 Å². The number of carbonyl (C=O) groups is 1. The normalized spacial score (nSPS) is 28.1. The molecule has 34 heavy (non-hydrogen) atoms. The number of fused-ring (bicyclic) bond motifs is 3. The van der Waals surface area contributed by atoms with Crippen molar-refractivity contribution in [2.75, 3.05) is 19.7 Å². The van der Waals surface area contributed by atoms with Crippen LogP contribution >= 0.6 is 0 Å². The van der Waals surface area contributed by atoms with E-state index >= 15 is 0 Å². The van der Waals surface area contributed by atoms with Gasteiger partial charge in [0.1, 0.15) is 11.9 Å². The lowest BCUT2D eigenvalue weighted by Gasteiger charge is -2.40. The van der Waals surface area contributed by atoms with Gasteiger partial charge in [0.25, 0.3) is 5.91 Å². The average molecular weight is 467 g/mol. The molecule has 0 radical (unpaired) electrons. The fraction of sp³-hybridized carbons (Fsp3) is 0.724. The van der Waals surface area contributed by atoms with Crippen LogP contribution in [0.3, 0.4) is 0 Å². The lowest BCUT2D eigenvalue weighted by atomic mass is 9.69. The van der Waals surface area contributed by atoms with E-state index in [9.17, 15) is 4.79 Å². The number of hydrogen-bond donors (Lipinski definition) is 0. The minimum atomic E-state index is 0.0958. The molecule has 5 nitrogen and oxygen atoms in total. The van der Waals surface area contributed by atoms with Gasteiger partial charge in [-0.15, -0.1) is 0 Å². The topological polar surface area (TPSA) is 51.1 Å². The Kier molecular flexibility index (Phi) is 8.08. The lowest BCUT2D eigenvalue weighted by Crippen LogP contribution is -2.38. The van der Waals surface area contributed by atoms with E-state index in [1.807, 2.05) is 17.0 Å². The first-order valence-corrected chi connectivity index (χ1v) is 14.0. The van der Waals surface area contributed by atoms with E-state index in [4.69, 9.17) is 14.7 Å². The molecule has 0 aromatic heterocycles. The van der Waals surface area contributed by atoms with Crippen molar-refractivity contribution in [2.45, 2.75) is 96.0 Å². The molecule has 4 aliphatic carbocycles. The fourth-order valence-corrected chi connectivity index (χ4v) is 6.57. The number of carbonyl (C=O) groups excluding carboxylic acids is 1. The monoisotopic (exact) mass is 466 g/mol. The van der Waals surface area contributed by atoms with Crippen LogP contribution in [0.15, 0.2) is 29.4 Å². The number of rotatable bonds is 8. The van der Waals surface area contributed by atoms with Crippen molar-refractivity contribution in [3.8, 4) is 5.75 Å². The molecule has 1 heterocycles. The van der Waals surface area contributed by atoms with Gasteiger partial charge in [0.05, 0.1) is 5.71 Å². The third kappa shape index (κ3) is 6.14. The predicted octanol–water partition coefficient (Wildman–Crippen LogP) is 6.35. The molecule has 0 N–H and O–H groups in total. The largest absolute Gasteiger partial charge is 0.484 e. The number of amides is 1. The van der Waals surface area contributed by atoms with Crippen molar-refractivity contribution in [2.24, 2.45) is 22.9 Å². The van der Waals surface area contributed by atoms with Crippen LogP contribution in [0.1, 0.15) is 95.5 Å². The summed E-state index contributed by atoms with van der Waals surface area (Å²) in [6, 6.07) is 8.16. The van der Waals surface area contributed by atoms with E-state index in [0.29, 0.717) is 17.9 Å². The van der Waals surface area contributed by atoms with E-state index in [1.165, 1.54) is 70.6 Å². The van der Waals surface area contributed by atoms with Gasteiger partial charge in [0.2, 0.25) is 0 Å². The molecule has 5 heteroatoms. The van der Waals surface area contributed by atoms with Crippen molar-refractivity contribution < 1.29 is 14.4 Å². The molecule has 5 aliphatic rings. The Morgan fingerprint density at radius 1 is 0.882 bits per heavy atom. The van der Waals surface area contributed by atoms with E-state index < -0.39 is 0 Å². The zero-order valence-electron chi connectivity index (χ0n) is 20.8. The Morgan fingerprint density at radius 2 is 1.59 bits per heavy atom. The quantitative estimate of drug-likeness (QED) is 0.331. The molecule has 1 aliphatic heterocycles. The summed E-state index contributed by atoms with van der Waals surface area (Å²) in [5, 5.41) is 4.81. The van der Waals surface area contributed by atoms with E-state index in [0.717, 1.165) is 55.3 Å². The van der Waals surface area contributed by atoms with Crippen LogP contribution < -0.4 is 4.74 Å². The number of hydrogen-bond acceptors (Lipinski definition) is 4. The van der Waals surface area contributed by atoms with Crippen molar-refractivity contribution in [3.63, 3.8) is 0 Å². The fourth-order valence-electron chi connectivity index (χ4n) is 6.57. The molecule has 4 saturated carbocycles. The maximum atomic E-state index is 12.4. The molecule has 2 bridgehead atoms. The zero-order valence-corrected chi connectivity index (χ0v) is 20.8. The van der Waals surface area contributed by atoms with Crippen LogP contribution in [0.4, 0.5) is 0 Å². The molecule has 186 valence electrons. The number of likely N-dealkylation sites (tertiary alicyclic amines) is 1. The second kappa shape index (κ2) is 11.6. The third-order valence-corrected chi connectivity index (χ3v) is 8.75. The highest BCUT2D eigenvalue weighted by Crippen LogP contribution is 2.42. The maximum Gasteiger partial charge on any atom is 0.260 e. The van der Waals surface area contributed by atoms with Gasteiger partial charge in [-0.05, 0) is 105 Å². The summed E-state index contributed by atoms with van der Waals surface area (Å²) in [5.41, 5.74) is 2.21. The molecule has 6 rings (SSSR count). The SMILES string of the molecule is O=C(COc1ccc(/C(CC2CCCCC2)=N\OC2CC3CCC2CC3)cc1)N1CCCCC1. The first kappa shape index (κ1) is 23.7. The van der Waals surface area contributed by atoms with Gasteiger partial charge < -0.3 is 14.5 Å². The van der Waals surface area contributed by atoms with Gasteiger partial charge in [-0.3, -0.25) is 4.79 Å². The van der Waals surface area contributed by atoms with Gasteiger partial charge in [0, 0.05) is 13.1 Å². The van der Waals surface area contributed by atoms with Crippen LogP contribution in [0, 0.1) is 17.8 Å². The van der Waals surface area contributed by atoms with Crippen LogP contribution in [0.25, 0.3) is 0 Å². The Balaban J connectivity index is 1.22. The lowest BCUT2D eigenvalue weighted by molar-refractivity contribution is -0.134. The van der Waals surface area contributed by atoms with Gasteiger partial charge in [-0.25, -0.2) is 0 Å². The molecule has 0 spiro atoms. The van der Waals surface area contributed by atoms with Gasteiger partial charge >= 0.3 is 0 Å². The summed E-state index contributed by atoms with van der Waals surface area (Å²) < 4.78 is 5.83. The third-order valence-electron chi connectivity index (χ3n) is 8.75. The molecular weight excluding hydrogens is 424 g/mol. The minimum absolute atomic E-state index is 0.0958. The Morgan fingerprint density at radius 3 is 2.26 bits per heavy atom. The van der Waals surface area contributed by atoms with Crippen LogP contribution in [0.5, 0.6) is 5.75 Å². The molecule has 1 unspecified atom stereocenters. The summed E-state index contributed by atoms with van der Waals surface area (Å²) in [4.78, 5) is 20.6. The molecule has 1 aromatic carbocycles. The van der Waals surface area contributed by atoms with Crippen LogP contribution in [-0.2, 0) is 9.63 Å². The highest BCUT2D eigenvalue weighted by Gasteiger charge is 2.37. The van der Waals surface area contributed by atoms with Gasteiger partial charge in [0.15, 0.2) is 6.61 Å². The van der Waals surface area contributed by atoms with Crippen molar-refractivity contribution in [1.29, 1.82) is 0 Å². The number of piperidine rings is 1. The average Bonchev–Trinajstić information content (AvgIpc) is 2.92. The predicted molar refractivity (Wildman–Crippen MR) is 135 cm³/mol. The first-order chi connectivity index (χ1) is 16.7. The number of ether oxygens (including phenoxy) is 1. The second-order valence-corrected chi connectivity index (χ2v) is 11.2. The summed E-state index contributed by atoms with van der Waals surface area (Å²) in [6.45, 7) is 1.85. The summed E-state index contributed by atoms with van der Waals surface area (Å²) >= 11 is 0. The van der Waals surface area contributed by atoms with E-state index in [2.05, 4.69) is 12.1 Å². The smallest absolute Gasteiger partial charge is 0.260 e. The minimum Gasteiger partial charge on any atom is -0.484 e. The molecule has 5 fully saturated rings. The van der Waals surface area contributed by atoms with Gasteiger partial charge in [-0.1, -0.05) is 37.3 Å². The zero-order chi connectivity index (χ0) is 23.2. The van der Waals surface area contributed by atoms with Crippen LogP contribution in [0.2, 0.25) is 0 Å². The molecule has 1 atom stereocenters. The summed E-state index contributed by atoms with van der Waals surface area (Å²) in [6.07, 6.45) is 17.9. The highest BCUT2D eigenvalue weighted by molar-refractivity contribution is 6.00. The van der Waals surface area contributed by atoms with Crippen molar-refractivity contribution in [3.05, 3.63) is 29.8 Å².